The van der Waals surface area contributed by atoms with Crippen molar-refractivity contribution in [3.05, 3.63) is 17.5 Å². The van der Waals surface area contributed by atoms with Gasteiger partial charge in [-0.2, -0.15) is 5.10 Å². The summed E-state index contributed by atoms with van der Waals surface area (Å²) in [7, 11) is -1.73. The molecule has 1 heterocycles. The summed E-state index contributed by atoms with van der Waals surface area (Å²) in [6, 6.07) is 1.73. The lowest BCUT2D eigenvalue weighted by Gasteiger charge is -2.34. The fourth-order valence-corrected chi connectivity index (χ4v) is 5.04. The zero-order valence-electron chi connectivity index (χ0n) is 16.7. The molecule has 3 atom stereocenters. The van der Waals surface area contributed by atoms with Crippen molar-refractivity contribution in [3.63, 3.8) is 0 Å². The van der Waals surface area contributed by atoms with E-state index in [1.165, 1.54) is 0 Å². The van der Waals surface area contributed by atoms with Crippen LogP contribution in [-0.2, 0) is 26.1 Å². The Kier molecular flexibility index (Phi) is 7.81. The molecule has 0 aromatic carbocycles. The number of aromatic nitrogens is 2. The van der Waals surface area contributed by atoms with E-state index in [-0.39, 0.29) is 29.7 Å². The van der Waals surface area contributed by atoms with Crippen molar-refractivity contribution < 1.29 is 17.9 Å². The van der Waals surface area contributed by atoms with E-state index < -0.39 is 10.0 Å². The van der Waals surface area contributed by atoms with Gasteiger partial charge in [-0.3, -0.25) is 9.48 Å². The average Bonchev–Trinajstić information content (AvgIpc) is 2.92. The molecule has 1 aliphatic carbocycles. The number of carbonyl (C=O) groups is 1. The first-order valence-corrected chi connectivity index (χ1v) is 11.2. The second-order valence-corrected chi connectivity index (χ2v) is 9.14. The van der Waals surface area contributed by atoms with Crippen LogP contribution in [0.5, 0.6) is 0 Å². The van der Waals surface area contributed by atoms with Crippen molar-refractivity contribution in [2.75, 3.05) is 19.4 Å². The van der Waals surface area contributed by atoms with Gasteiger partial charge in [0.05, 0.1) is 24.1 Å². The second-order valence-electron chi connectivity index (χ2n) is 7.27. The van der Waals surface area contributed by atoms with E-state index in [0.717, 1.165) is 11.4 Å². The molecule has 1 fully saturated rings. The molecule has 2 rings (SSSR count). The van der Waals surface area contributed by atoms with Gasteiger partial charge in [0.2, 0.25) is 15.9 Å². The molecule has 0 bridgehead atoms. The summed E-state index contributed by atoms with van der Waals surface area (Å²) < 4.78 is 34.1. The molecule has 0 radical (unpaired) electrons. The van der Waals surface area contributed by atoms with Gasteiger partial charge in [0.1, 0.15) is 0 Å². The highest BCUT2D eigenvalue weighted by molar-refractivity contribution is 7.89. The summed E-state index contributed by atoms with van der Waals surface area (Å²) in [6.45, 7) is 6.92. The van der Waals surface area contributed by atoms with Gasteiger partial charge in [0.25, 0.3) is 0 Å². The van der Waals surface area contributed by atoms with E-state index in [4.69, 9.17) is 4.74 Å². The van der Waals surface area contributed by atoms with Crippen molar-refractivity contribution in [1.82, 2.24) is 19.8 Å². The Balaban J connectivity index is 1.84. The average molecular weight is 401 g/mol. The van der Waals surface area contributed by atoms with Crippen LogP contribution < -0.4 is 10.0 Å². The Morgan fingerprint density at radius 2 is 2.11 bits per heavy atom. The maximum atomic E-state index is 12.5. The Labute approximate surface area is 162 Å². The number of methoxy groups -OCH3 is 1. The van der Waals surface area contributed by atoms with E-state index in [1.54, 1.807) is 7.11 Å². The highest BCUT2D eigenvalue weighted by atomic mass is 32.2. The smallest absolute Gasteiger partial charge is 0.223 e. The Hall–Kier alpha value is -1.45. The van der Waals surface area contributed by atoms with E-state index in [0.29, 0.717) is 38.8 Å². The molecule has 0 unspecified atom stereocenters. The first-order valence-electron chi connectivity index (χ1n) is 9.57. The molecule has 0 aliphatic heterocycles. The third-order valence-electron chi connectivity index (χ3n) is 5.00. The van der Waals surface area contributed by atoms with Gasteiger partial charge in [0, 0.05) is 31.3 Å². The SMILES string of the molecule is CCCS(=O)(=O)N[C@H]1CC[C@H](C(=O)NCCn2nc(C)cc2C)C[C@@H]1OC. The van der Waals surface area contributed by atoms with Crippen LogP contribution in [0, 0.1) is 19.8 Å². The number of aryl methyl sites for hydroxylation is 2. The Morgan fingerprint density at radius 1 is 1.37 bits per heavy atom. The first kappa shape index (κ1) is 21.8. The molecule has 0 saturated heterocycles. The van der Waals surface area contributed by atoms with Gasteiger partial charge in [-0.25, -0.2) is 13.1 Å². The molecule has 8 nitrogen and oxygen atoms in total. The largest absolute Gasteiger partial charge is 0.380 e. The van der Waals surface area contributed by atoms with Crippen molar-refractivity contribution in [1.29, 1.82) is 0 Å². The highest BCUT2D eigenvalue weighted by Crippen LogP contribution is 2.27. The Bertz CT molecular complexity index is 732. The summed E-state index contributed by atoms with van der Waals surface area (Å²) in [6.07, 6.45) is 2.03. The van der Waals surface area contributed by atoms with Gasteiger partial charge in [-0.15, -0.1) is 0 Å². The fraction of sp³-hybridized carbons (Fsp3) is 0.778. The monoisotopic (exact) mass is 400 g/mol. The molecule has 1 saturated carbocycles. The molecule has 1 aromatic rings. The summed E-state index contributed by atoms with van der Waals surface area (Å²) >= 11 is 0. The second kappa shape index (κ2) is 9.66. The maximum absolute atomic E-state index is 12.5. The lowest BCUT2D eigenvalue weighted by atomic mass is 9.83. The number of rotatable bonds is 9. The van der Waals surface area contributed by atoms with Crippen LogP contribution in [0.3, 0.4) is 0 Å². The fourth-order valence-electron chi connectivity index (χ4n) is 3.65. The number of amides is 1. The molecule has 1 aromatic heterocycles. The molecule has 154 valence electrons. The lowest BCUT2D eigenvalue weighted by Crippen LogP contribution is -2.50. The zero-order valence-corrected chi connectivity index (χ0v) is 17.5. The van der Waals surface area contributed by atoms with E-state index in [1.807, 2.05) is 31.5 Å². The third kappa shape index (κ3) is 6.29. The van der Waals surface area contributed by atoms with Gasteiger partial charge in [-0.1, -0.05) is 6.92 Å². The van der Waals surface area contributed by atoms with Gasteiger partial charge in [0.15, 0.2) is 0 Å². The number of ether oxygens (including phenoxy) is 1. The van der Waals surface area contributed by atoms with Crippen LogP contribution in [0.4, 0.5) is 0 Å². The topological polar surface area (TPSA) is 102 Å². The van der Waals surface area contributed by atoms with Crippen molar-refractivity contribution in [2.45, 2.75) is 65.1 Å². The van der Waals surface area contributed by atoms with Crippen molar-refractivity contribution >= 4 is 15.9 Å². The summed E-state index contributed by atoms with van der Waals surface area (Å²) in [5, 5.41) is 7.36. The standard InChI is InChI=1S/C18H32N4O4S/c1-5-10-27(24,25)21-16-7-6-15(12-17(16)26-4)18(23)19-8-9-22-14(3)11-13(2)20-22/h11,15-17,21H,5-10,12H2,1-4H3,(H,19,23)/t15-,16-,17-/m0/s1. The van der Waals surface area contributed by atoms with E-state index >= 15 is 0 Å². The predicted molar refractivity (Wildman–Crippen MR) is 104 cm³/mol. The number of carbonyl (C=O) groups excluding carboxylic acids is 1. The van der Waals surface area contributed by atoms with Crippen LogP contribution in [-0.4, -0.2) is 55.7 Å². The number of hydrogen-bond acceptors (Lipinski definition) is 5. The molecule has 0 spiro atoms. The van der Waals surface area contributed by atoms with Gasteiger partial charge < -0.3 is 10.1 Å². The predicted octanol–water partition coefficient (Wildman–Crippen LogP) is 1.13. The van der Waals surface area contributed by atoms with Gasteiger partial charge in [-0.05, 0) is 45.6 Å². The minimum absolute atomic E-state index is 0.00607. The third-order valence-corrected chi connectivity index (χ3v) is 6.60. The molecule has 9 heteroatoms. The molecule has 27 heavy (non-hydrogen) atoms. The number of sulfonamides is 1. The van der Waals surface area contributed by atoms with Crippen molar-refractivity contribution in [2.24, 2.45) is 5.92 Å². The van der Waals surface area contributed by atoms with Crippen LogP contribution in [0.25, 0.3) is 0 Å². The number of nitrogens with zero attached hydrogens (tertiary/aromatic N) is 2. The first-order chi connectivity index (χ1) is 12.8. The quantitative estimate of drug-likeness (QED) is 0.647. The Morgan fingerprint density at radius 3 is 2.70 bits per heavy atom. The summed E-state index contributed by atoms with van der Waals surface area (Å²) in [5.41, 5.74) is 2.03. The molecular weight excluding hydrogens is 368 g/mol. The minimum atomic E-state index is -3.30. The number of hydrogen-bond donors (Lipinski definition) is 2. The van der Waals surface area contributed by atoms with Crippen LogP contribution >= 0.6 is 0 Å². The summed E-state index contributed by atoms with van der Waals surface area (Å²) in [5.74, 6) is -0.0633. The van der Waals surface area contributed by atoms with Crippen LogP contribution in [0.1, 0.15) is 44.0 Å². The summed E-state index contributed by atoms with van der Waals surface area (Å²) in [4.78, 5) is 12.5. The highest BCUT2D eigenvalue weighted by Gasteiger charge is 2.35. The van der Waals surface area contributed by atoms with E-state index in [2.05, 4.69) is 15.1 Å². The normalized spacial score (nSPS) is 23.3. The molecule has 2 N–H and O–H groups in total. The molecule has 1 amide bonds. The molecule has 1 aliphatic rings. The minimum Gasteiger partial charge on any atom is -0.380 e. The van der Waals surface area contributed by atoms with Crippen LogP contribution in [0.2, 0.25) is 0 Å². The lowest BCUT2D eigenvalue weighted by molar-refractivity contribution is -0.127. The number of nitrogens with one attached hydrogen (secondary N) is 2. The molecular formula is C18H32N4O4S. The van der Waals surface area contributed by atoms with Crippen LogP contribution in [0.15, 0.2) is 6.07 Å². The van der Waals surface area contributed by atoms with Crippen molar-refractivity contribution in [3.8, 4) is 0 Å². The maximum Gasteiger partial charge on any atom is 0.223 e. The van der Waals surface area contributed by atoms with Gasteiger partial charge >= 0.3 is 0 Å². The van der Waals surface area contributed by atoms with E-state index in [9.17, 15) is 13.2 Å². The zero-order chi connectivity index (χ0) is 20.0.